The van der Waals surface area contributed by atoms with E-state index in [1.54, 1.807) is 0 Å². The van der Waals surface area contributed by atoms with Gasteiger partial charge in [-0.25, -0.2) is 9.69 Å². The first-order valence-electron chi connectivity index (χ1n) is 7.68. The molecule has 1 atom stereocenters. The van der Waals surface area contributed by atoms with Crippen LogP contribution in [0.3, 0.4) is 0 Å². The lowest BCUT2D eigenvalue weighted by molar-refractivity contribution is -0.140. The number of carbonyl (C=O) groups excluding carboxylic acids is 3. The van der Waals surface area contributed by atoms with E-state index in [0.29, 0.717) is 32.3 Å². The highest BCUT2D eigenvalue weighted by Crippen LogP contribution is 2.21. The third kappa shape index (κ3) is 5.50. The molecular weight excluding hydrogens is 286 g/mol. The van der Waals surface area contributed by atoms with Crippen LogP contribution in [0, 0.1) is 5.92 Å². The first-order chi connectivity index (χ1) is 10.5. The molecule has 0 aromatic heterocycles. The van der Waals surface area contributed by atoms with Crippen LogP contribution in [0.4, 0.5) is 4.79 Å². The number of cyclic esters (lactones) is 1. The largest absolute Gasteiger partial charge is 0.469 e. The Labute approximate surface area is 131 Å². The van der Waals surface area contributed by atoms with Crippen LogP contribution in [0.2, 0.25) is 0 Å². The average molecular weight is 311 g/mol. The Morgan fingerprint density at radius 1 is 1.32 bits per heavy atom. The molecule has 124 valence electrons. The van der Waals surface area contributed by atoms with E-state index in [1.807, 2.05) is 26.0 Å². The number of esters is 1. The summed E-state index contributed by atoms with van der Waals surface area (Å²) in [5.41, 5.74) is 0. The molecule has 1 aliphatic rings. The van der Waals surface area contributed by atoms with E-state index in [2.05, 4.69) is 4.74 Å². The minimum absolute atomic E-state index is 0.0861. The molecule has 0 aromatic rings. The summed E-state index contributed by atoms with van der Waals surface area (Å²) in [5.74, 6) is -0.245. The van der Waals surface area contributed by atoms with Crippen molar-refractivity contribution in [2.45, 2.75) is 52.0 Å². The van der Waals surface area contributed by atoms with Gasteiger partial charge in [0.25, 0.3) is 0 Å². The maximum absolute atomic E-state index is 12.2. The summed E-state index contributed by atoms with van der Waals surface area (Å²) in [4.78, 5) is 36.2. The summed E-state index contributed by atoms with van der Waals surface area (Å²) in [7, 11) is 1.35. The molecule has 0 aliphatic carbocycles. The third-order valence-electron chi connectivity index (χ3n) is 3.64. The van der Waals surface area contributed by atoms with Crippen LogP contribution < -0.4 is 0 Å². The summed E-state index contributed by atoms with van der Waals surface area (Å²) in [6, 6.07) is -0.0861. The molecule has 1 heterocycles. The molecule has 1 rings (SSSR count). The van der Waals surface area contributed by atoms with Crippen LogP contribution in [0.1, 0.15) is 46.0 Å². The molecule has 0 saturated carbocycles. The van der Waals surface area contributed by atoms with Gasteiger partial charge in [0.05, 0.1) is 13.7 Å². The van der Waals surface area contributed by atoms with Crippen molar-refractivity contribution in [1.29, 1.82) is 0 Å². The predicted molar refractivity (Wildman–Crippen MR) is 81.1 cm³/mol. The van der Waals surface area contributed by atoms with E-state index >= 15 is 0 Å². The number of hydrogen-bond donors (Lipinski definition) is 0. The minimum Gasteiger partial charge on any atom is -0.469 e. The molecule has 0 radical (unpaired) electrons. The molecule has 1 saturated heterocycles. The number of carbonyl (C=O) groups is 3. The van der Waals surface area contributed by atoms with Gasteiger partial charge in [0.1, 0.15) is 0 Å². The van der Waals surface area contributed by atoms with Crippen LogP contribution in [0.25, 0.3) is 0 Å². The summed E-state index contributed by atoms with van der Waals surface area (Å²) >= 11 is 0. The van der Waals surface area contributed by atoms with Gasteiger partial charge in [-0.05, 0) is 18.8 Å². The van der Waals surface area contributed by atoms with E-state index in [0.717, 1.165) is 0 Å². The number of rotatable bonds is 7. The quantitative estimate of drug-likeness (QED) is 0.534. The van der Waals surface area contributed by atoms with Gasteiger partial charge in [-0.2, -0.15) is 0 Å². The second-order valence-corrected chi connectivity index (χ2v) is 5.60. The fourth-order valence-corrected chi connectivity index (χ4v) is 2.39. The maximum atomic E-state index is 12.2. The van der Waals surface area contributed by atoms with E-state index in [9.17, 15) is 14.4 Å². The minimum atomic E-state index is -0.537. The van der Waals surface area contributed by atoms with E-state index in [4.69, 9.17) is 4.74 Å². The molecule has 0 aromatic carbocycles. The van der Waals surface area contributed by atoms with Gasteiger partial charge in [0.2, 0.25) is 5.91 Å². The second-order valence-electron chi connectivity index (χ2n) is 5.60. The topological polar surface area (TPSA) is 72.9 Å². The average Bonchev–Trinajstić information content (AvgIpc) is 2.49. The number of nitrogens with zero attached hydrogens (tertiary/aromatic N) is 1. The number of hydrogen-bond acceptors (Lipinski definition) is 5. The molecule has 6 heteroatoms. The van der Waals surface area contributed by atoms with Crippen molar-refractivity contribution < 1.29 is 23.9 Å². The van der Waals surface area contributed by atoms with Gasteiger partial charge in [-0.1, -0.05) is 26.0 Å². The molecule has 0 N–H and O–H groups in total. The molecule has 1 aliphatic heterocycles. The first kappa shape index (κ1) is 18.2. The van der Waals surface area contributed by atoms with Crippen LogP contribution in [0.15, 0.2) is 12.2 Å². The van der Waals surface area contributed by atoms with Gasteiger partial charge >= 0.3 is 12.1 Å². The molecule has 0 spiro atoms. The first-order valence-corrected chi connectivity index (χ1v) is 7.68. The molecule has 0 bridgehead atoms. The second kappa shape index (κ2) is 9.23. The Bertz CT molecular complexity index is 430. The van der Waals surface area contributed by atoms with E-state index < -0.39 is 6.09 Å². The van der Waals surface area contributed by atoms with E-state index in [-0.39, 0.29) is 30.3 Å². The van der Waals surface area contributed by atoms with Crippen LogP contribution >= 0.6 is 0 Å². The normalized spacial score (nSPS) is 18.6. The highest BCUT2D eigenvalue weighted by Gasteiger charge is 2.35. The molecule has 2 amide bonds. The number of allylic oxidation sites excluding steroid dienone is 2. The van der Waals surface area contributed by atoms with Crippen molar-refractivity contribution in [1.82, 2.24) is 4.90 Å². The number of amides is 2. The molecule has 22 heavy (non-hydrogen) atoms. The van der Waals surface area contributed by atoms with Crippen molar-refractivity contribution in [3.05, 3.63) is 12.2 Å². The van der Waals surface area contributed by atoms with Gasteiger partial charge in [-0.3, -0.25) is 9.59 Å². The van der Waals surface area contributed by atoms with Gasteiger partial charge < -0.3 is 9.47 Å². The standard InChI is InChI=1S/C16H25NO5/c1-12(2)13-10-11-22-16(20)17(13)14(18)8-6-4-5-7-9-15(19)21-3/h4-5,12-13H,6-11H2,1-3H3/t13-/m0/s1. The highest BCUT2D eigenvalue weighted by atomic mass is 16.6. The smallest absolute Gasteiger partial charge is 0.416 e. The van der Waals surface area contributed by atoms with E-state index in [1.165, 1.54) is 12.0 Å². The zero-order chi connectivity index (χ0) is 16.5. The summed E-state index contributed by atoms with van der Waals surface area (Å²) in [6.07, 6.45) is 5.55. The fourth-order valence-electron chi connectivity index (χ4n) is 2.39. The van der Waals surface area contributed by atoms with Crippen LogP contribution in [-0.4, -0.2) is 42.6 Å². The van der Waals surface area contributed by atoms with Crippen molar-refractivity contribution in [2.24, 2.45) is 5.92 Å². The van der Waals surface area contributed by atoms with Crippen molar-refractivity contribution in [2.75, 3.05) is 13.7 Å². The van der Waals surface area contributed by atoms with Gasteiger partial charge in [0, 0.05) is 25.3 Å². The maximum Gasteiger partial charge on any atom is 0.416 e. The fraction of sp³-hybridized carbons (Fsp3) is 0.688. The zero-order valence-corrected chi connectivity index (χ0v) is 13.5. The molecule has 1 fully saturated rings. The zero-order valence-electron chi connectivity index (χ0n) is 13.5. The Balaban J connectivity index is 2.41. The Kier molecular flexibility index (Phi) is 7.63. The summed E-state index contributed by atoms with van der Waals surface area (Å²) < 4.78 is 9.51. The molecule has 0 unspecified atom stereocenters. The Morgan fingerprint density at radius 2 is 1.95 bits per heavy atom. The number of imide groups is 1. The molecular formula is C16H25NO5. The van der Waals surface area contributed by atoms with Gasteiger partial charge in [-0.15, -0.1) is 0 Å². The Hall–Kier alpha value is -1.85. The van der Waals surface area contributed by atoms with Crippen molar-refractivity contribution >= 4 is 18.0 Å². The lowest BCUT2D eigenvalue weighted by Crippen LogP contribution is -2.51. The third-order valence-corrected chi connectivity index (χ3v) is 3.64. The number of ether oxygens (including phenoxy) is 2. The monoisotopic (exact) mass is 311 g/mol. The number of methoxy groups -OCH3 is 1. The van der Waals surface area contributed by atoms with Gasteiger partial charge in [0.15, 0.2) is 0 Å². The van der Waals surface area contributed by atoms with Crippen molar-refractivity contribution in [3.63, 3.8) is 0 Å². The van der Waals surface area contributed by atoms with Crippen LogP contribution in [-0.2, 0) is 19.1 Å². The lowest BCUT2D eigenvalue weighted by atomic mass is 9.98. The predicted octanol–water partition coefficient (Wildman–Crippen LogP) is 2.67. The summed E-state index contributed by atoms with van der Waals surface area (Å²) in [5, 5.41) is 0. The summed E-state index contributed by atoms with van der Waals surface area (Å²) in [6.45, 7) is 4.37. The Morgan fingerprint density at radius 3 is 2.55 bits per heavy atom. The highest BCUT2D eigenvalue weighted by molar-refractivity contribution is 5.92. The molecule has 6 nitrogen and oxygen atoms in total. The SMILES string of the molecule is COC(=O)CCC=CCCC(=O)N1C(=O)OCC[C@H]1C(C)C. The van der Waals surface area contributed by atoms with Crippen molar-refractivity contribution in [3.8, 4) is 0 Å². The lowest BCUT2D eigenvalue weighted by Gasteiger charge is -2.35. The van der Waals surface area contributed by atoms with Crippen LogP contribution in [0.5, 0.6) is 0 Å².